The molecule has 162 valence electrons. The SMILES string of the molecule is COc1ccccc1P(=O)(CC(=O)O[C@@H]1C[C@H](C)CC[C@H]1C(C)C)c1ccccc1. The van der Waals surface area contributed by atoms with Crippen LogP contribution in [0.15, 0.2) is 54.6 Å². The highest BCUT2D eigenvalue weighted by Gasteiger charge is 2.37. The Morgan fingerprint density at radius 2 is 1.73 bits per heavy atom. The van der Waals surface area contributed by atoms with Crippen LogP contribution in [0.3, 0.4) is 0 Å². The van der Waals surface area contributed by atoms with E-state index in [9.17, 15) is 9.36 Å². The van der Waals surface area contributed by atoms with Gasteiger partial charge in [0.1, 0.15) is 18.0 Å². The van der Waals surface area contributed by atoms with Crippen LogP contribution in [-0.4, -0.2) is 25.3 Å². The fourth-order valence-electron chi connectivity index (χ4n) is 4.55. The summed E-state index contributed by atoms with van der Waals surface area (Å²) in [5.74, 6) is 1.48. The van der Waals surface area contributed by atoms with E-state index in [2.05, 4.69) is 20.8 Å². The summed E-state index contributed by atoms with van der Waals surface area (Å²) in [6.45, 7) is 6.58. The number of hydrogen-bond acceptors (Lipinski definition) is 4. The van der Waals surface area contributed by atoms with Crippen molar-refractivity contribution in [1.29, 1.82) is 0 Å². The molecule has 0 bridgehead atoms. The third-order valence-corrected chi connectivity index (χ3v) is 9.23. The van der Waals surface area contributed by atoms with Gasteiger partial charge in [0.25, 0.3) is 0 Å². The van der Waals surface area contributed by atoms with E-state index in [0.29, 0.717) is 34.1 Å². The van der Waals surface area contributed by atoms with E-state index in [1.165, 1.54) is 6.42 Å². The van der Waals surface area contributed by atoms with Crippen molar-refractivity contribution in [2.75, 3.05) is 13.3 Å². The number of benzene rings is 2. The Labute approximate surface area is 180 Å². The van der Waals surface area contributed by atoms with Crippen LogP contribution in [0.5, 0.6) is 5.75 Å². The first-order valence-corrected chi connectivity index (χ1v) is 12.7. The summed E-state index contributed by atoms with van der Waals surface area (Å²) in [6, 6.07) is 16.5. The molecule has 1 aliphatic rings. The lowest BCUT2D eigenvalue weighted by molar-refractivity contribution is -0.152. The van der Waals surface area contributed by atoms with Crippen molar-refractivity contribution in [3.8, 4) is 5.75 Å². The maximum atomic E-state index is 14.3. The molecule has 1 fully saturated rings. The molecule has 4 atom stereocenters. The Kier molecular flexibility index (Phi) is 7.41. The molecule has 0 aromatic heterocycles. The molecule has 0 amide bonds. The number of esters is 1. The van der Waals surface area contributed by atoms with Gasteiger partial charge in [0, 0.05) is 5.30 Å². The van der Waals surface area contributed by atoms with Gasteiger partial charge in [-0.25, -0.2) is 0 Å². The zero-order valence-electron chi connectivity index (χ0n) is 18.4. The van der Waals surface area contributed by atoms with Gasteiger partial charge in [0.05, 0.1) is 12.4 Å². The molecule has 0 N–H and O–H groups in total. The number of methoxy groups -OCH3 is 1. The lowest BCUT2D eigenvalue weighted by atomic mass is 9.75. The minimum Gasteiger partial charge on any atom is -0.496 e. The van der Waals surface area contributed by atoms with E-state index in [1.807, 2.05) is 42.5 Å². The molecule has 3 rings (SSSR count). The van der Waals surface area contributed by atoms with Crippen LogP contribution in [0.4, 0.5) is 0 Å². The van der Waals surface area contributed by atoms with Crippen LogP contribution in [0.1, 0.15) is 40.0 Å². The van der Waals surface area contributed by atoms with E-state index < -0.39 is 13.1 Å². The van der Waals surface area contributed by atoms with Gasteiger partial charge >= 0.3 is 5.97 Å². The summed E-state index contributed by atoms with van der Waals surface area (Å²) in [4.78, 5) is 13.1. The Morgan fingerprint density at radius 3 is 2.40 bits per heavy atom. The Morgan fingerprint density at radius 1 is 1.07 bits per heavy atom. The zero-order valence-corrected chi connectivity index (χ0v) is 19.3. The van der Waals surface area contributed by atoms with E-state index in [4.69, 9.17) is 9.47 Å². The van der Waals surface area contributed by atoms with Crippen molar-refractivity contribution in [3.63, 3.8) is 0 Å². The monoisotopic (exact) mass is 428 g/mol. The first-order valence-electron chi connectivity index (χ1n) is 10.8. The first-order chi connectivity index (χ1) is 14.3. The second-order valence-corrected chi connectivity index (χ2v) is 11.6. The van der Waals surface area contributed by atoms with Crippen molar-refractivity contribution in [2.24, 2.45) is 17.8 Å². The molecule has 1 unspecified atom stereocenters. The van der Waals surface area contributed by atoms with Crippen molar-refractivity contribution in [2.45, 2.75) is 46.1 Å². The number of rotatable bonds is 7. The predicted molar refractivity (Wildman–Crippen MR) is 122 cm³/mol. The normalized spacial score (nSPS) is 23.6. The van der Waals surface area contributed by atoms with Crippen LogP contribution < -0.4 is 15.3 Å². The van der Waals surface area contributed by atoms with Crippen molar-refractivity contribution in [1.82, 2.24) is 0 Å². The largest absolute Gasteiger partial charge is 0.496 e. The average molecular weight is 429 g/mol. The molecule has 1 aliphatic carbocycles. The number of carbonyl (C=O) groups excluding carboxylic acids is 1. The lowest BCUT2D eigenvalue weighted by Gasteiger charge is -2.37. The quantitative estimate of drug-likeness (QED) is 0.459. The number of hydrogen-bond donors (Lipinski definition) is 0. The van der Waals surface area contributed by atoms with Gasteiger partial charge < -0.3 is 14.0 Å². The van der Waals surface area contributed by atoms with Crippen molar-refractivity contribution in [3.05, 3.63) is 54.6 Å². The molecule has 2 aromatic carbocycles. The van der Waals surface area contributed by atoms with E-state index >= 15 is 0 Å². The number of ether oxygens (including phenoxy) is 2. The van der Waals surface area contributed by atoms with Gasteiger partial charge in [0.15, 0.2) is 7.14 Å². The first kappa shape index (κ1) is 22.6. The summed E-state index contributed by atoms with van der Waals surface area (Å²) >= 11 is 0. The minimum atomic E-state index is -3.26. The van der Waals surface area contributed by atoms with Crippen LogP contribution >= 0.6 is 7.14 Å². The Bertz CT molecular complexity index is 893. The maximum Gasteiger partial charge on any atom is 0.314 e. The van der Waals surface area contributed by atoms with Gasteiger partial charge in [0.2, 0.25) is 0 Å². The van der Waals surface area contributed by atoms with Gasteiger partial charge in [-0.3, -0.25) is 4.79 Å². The standard InChI is InChI=1S/C25H33O4P/c1-18(2)21-15-14-19(3)16-23(21)29-25(26)17-30(27,20-10-6-5-7-11-20)24-13-9-8-12-22(24)28-4/h5-13,18-19,21,23H,14-17H2,1-4H3/t19-,21+,23-,30?/m1/s1. The Hall–Kier alpha value is -2.06. The number of para-hydroxylation sites is 1. The molecule has 30 heavy (non-hydrogen) atoms. The van der Waals surface area contributed by atoms with Crippen molar-refractivity contribution < 1.29 is 18.8 Å². The third kappa shape index (κ3) is 4.98. The number of carbonyl (C=O) groups is 1. The fraction of sp³-hybridized carbons (Fsp3) is 0.480. The molecule has 0 saturated heterocycles. The van der Waals surface area contributed by atoms with E-state index in [-0.39, 0.29) is 12.3 Å². The molecule has 0 spiro atoms. The summed E-state index contributed by atoms with van der Waals surface area (Å²) < 4.78 is 25.8. The molecular weight excluding hydrogens is 395 g/mol. The molecule has 0 heterocycles. The topological polar surface area (TPSA) is 52.6 Å². The molecule has 4 nitrogen and oxygen atoms in total. The predicted octanol–water partition coefficient (Wildman–Crippen LogP) is 5.01. The molecule has 2 aromatic rings. The van der Waals surface area contributed by atoms with Crippen LogP contribution in [0, 0.1) is 17.8 Å². The van der Waals surface area contributed by atoms with Gasteiger partial charge in [-0.05, 0) is 42.7 Å². The van der Waals surface area contributed by atoms with Gasteiger partial charge in [-0.15, -0.1) is 0 Å². The lowest BCUT2D eigenvalue weighted by Crippen LogP contribution is -2.37. The molecule has 1 saturated carbocycles. The maximum absolute atomic E-state index is 14.3. The van der Waals surface area contributed by atoms with Crippen LogP contribution in [-0.2, 0) is 14.1 Å². The average Bonchev–Trinajstić information content (AvgIpc) is 2.74. The summed E-state index contributed by atoms with van der Waals surface area (Å²) in [5.41, 5.74) is 0. The van der Waals surface area contributed by atoms with E-state index in [1.54, 1.807) is 19.2 Å². The molecule has 0 aliphatic heterocycles. The minimum absolute atomic E-state index is 0.108. The van der Waals surface area contributed by atoms with E-state index in [0.717, 1.165) is 12.8 Å². The second-order valence-electron chi connectivity index (χ2n) is 8.76. The molecule has 0 radical (unpaired) electrons. The van der Waals surface area contributed by atoms with Gasteiger partial charge in [-0.1, -0.05) is 69.7 Å². The van der Waals surface area contributed by atoms with Crippen LogP contribution in [0.25, 0.3) is 0 Å². The zero-order chi connectivity index (χ0) is 21.7. The second kappa shape index (κ2) is 9.83. The third-order valence-electron chi connectivity index (χ3n) is 6.24. The summed E-state index contributed by atoms with van der Waals surface area (Å²) in [6.07, 6.45) is 2.84. The smallest absolute Gasteiger partial charge is 0.314 e. The summed E-state index contributed by atoms with van der Waals surface area (Å²) in [5, 5.41) is 1.21. The van der Waals surface area contributed by atoms with Crippen LogP contribution in [0.2, 0.25) is 0 Å². The van der Waals surface area contributed by atoms with Crippen molar-refractivity contribution >= 4 is 23.7 Å². The summed E-state index contributed by atoms with van der Waals surface area (Å²) in [7, 11) is -1.70. The highest BCUT2D eigenvalue weighted by atomic mass is 31.2. The van der Waals surface area contributed by atoms with Gasteiger partial charge in [-0.2, -0.15) is 0 Å². The Balaban J connectivity index is 1.90. The molecular formula is C25H33O4P. The molecule has 5 heteroatoms. The highest BCUT2D eigenvalue weighted by Crippen LogP contribution is 2.46. The fourth-order valence-corrected chi connectivity index (χ4v) is 7.12. The highest BCUT2D eigenvalue weighted by molar-refractivity contribution is 7.79.